The topological polar surface area (TPSA) is 75.6 Å². The van der Waals surface area contributed by atoms with Crippen molar-refractivity contribution in [2.45, 2.75) is 26.4 Å². The molecule has 0 aromatic rings. The highest BCUT2D eigenvalue weighted by molar-refractivity contribution is 7.91. The highest BCUT2D eigenvalue weighted by Crippen LogP contribution is 2.06. The fraction of sp³-hybridized carbons (Fsp3) is 1.00. The van der Waals surface area contributed by atoms with Crippen molar-refractivity contribution >= 4 is 9.84 Å². The van der Waals surface area contributed by atoms with Gasteiger partial charge in [0.15, 0.2) is 9.84 Å². The number of ether oxygens (including phenoxy) is 1. The normalized spacial score (nSPS) is 15.8. The highest BCUT2D eigenvalue weighted by Gasteiger charge is 2.19. The van der Waals surface area contributed by atoms with Gasteiger partial charge < -0.3 is 15.2 Å². The van der Waals surface area contributed by atoms with E-state index in [1.54, 1.807) is 7.11 Å². The van der Waals surface area contributed by atoms with Gasteiger partial charge in [-0.1, -0.05) is 20.3 Å². The Hall–Kier alpha value is -0.170. The maximum Gasteiger partial charge on any atom is 0.153 e. The summed E-state index contributed by atoms with van der Waals surface area (Å²) in [4.78, 5) is 0. The van der Waals surface area contributed by atoms with Crippen LogP contribution in [0.3, 0.4) is 0 Å². The van der Waals surface area contributed by atoms with Crippen LogP contribution in [-0.4, -0.2) is 57.9 Å². The lowest BCUT2D eigenvalue weighted by atomic mass is 10.2. The Morgan fingerprint density at radius 1 is 1.35 bits per heavy atom. The van der Waals surface area contributed by atoms with E-state index in [-0.39, 0.29) is 24.0 Å². The van der Waals surface area contributed by atoms with Gasteiger partial charge in [0.2, 0.25) is 0 Å². The number of nitrogens with one attached hydrogen (secondary N) is 1. The van der Waals surface area contributed by atoms with Gasteiger partial charge in [-0.05, 0) is 5.92 Å². The van der Waals surface area contributed by atoms with Gasteiger partial charge >= 0.3 is 0 Å². The Kier molecular flexibility index (Phi) is 8.77. The van der Waals surface area contributed by atoms with Gasteiger partial charge in [0, 0.05) is 20.2 Å². The molecule has 5 nitrogen and oxygen atoms in total. The van der Waals surface area contributed by atoms with Gasteiger partial charge in [0.1, 0.15) is 0 Å². The Balaban J connectivity index is 3.88. The van der Waals surface area contributed by atoms with Crippen LogP contribution >= 0.6 is 0 Å². The van der Waals surface area contributed by atoms with Gasteiger partial charge in [0.25, 0.3) is 0 Å². The molecule has 104 valence electrons. The van der Waals surface area contributed by atoms with Crippen molar-refractivity contribution in [1.82, 2.24) is 5.32 Å². The average molecular weight is 267 g/mol. The Morgan fingerprint density at radius 2 is 2.00 bits per heavy atom. The third-order valence-corrected chi connectivity index (χ3v) is 4.51. The van der Waals surface area contributed by atoms with Crippen LogP contribution in [0.25, 0.3) is 0 Å². The van der Waals surface area contributed by atoms with Crippen LogP contribution in [0, 0.1) is 5.92 Å². The van der Waals surface area contributed by atoms with E-state index in [0.717, 1.165) is 6.42 Å². The molecule has 2 N–H and O–H groups in total. The molecule has 0 heterocycles. The number of aliphatic hydroxyl groups excluding tert-OH is 1. The lowest BCUT2D eigenvalue weighted by molar-refractivity contribution is 0.174. The number of methoxy groups -OCH3 is 1. The Labute approximate surface area is 104 Å². The molecule has 0 fully saturated rings. The second-order valence-corrected chi connectivity index (χ2v) is 6.59. The molecule has 0 radical (unpaired) electrons. The Bertz CT molecular complexity index is 279. The minimum atomic E-state index is -3.16. The molecule has 0 aliphatic rings. The van der Waals surface area contributed by atoms with Gasteiger partial charge in [-0.2, -0.15) is 0 Å². The minimum absolute atomic E-state index is 0.147. The standard InChI is InChI=1S/C11H25NO4S/c1-4-10(2)8-17(14,15)9-11(13)7-12-5-6-16-3/h10-13H,4-9H2,1-3H3. The lowest BCUT2D eigenvalue weighted by Gasteiger charge is -2.14. The zero-order valence-electron chi connectivity index (χ0n) is 11.0. The maximum absolute atomic E-state index is 11.7. The summed E-state index contributed by atoms with van der Waals surface area (Å²) in [7, 11) is -1.56. The third-order valence-electron chi connectivity index (χ3n) is 2.54. The number of sulfone groups is 1. The van der Waals surface area contributed by atoms with E-state index in [4.69, 9.17) is 4.74 Å². The molecular weight excluding hydrogens is 242 g/mol. The molecule has 2 atom stereocenters. The third kappa shape index (κ3) is 9.52. The van der Waals surface area contributed by atoms with Crippen LogP contribution in [0.2, 0.25) is 0 Å². The Morgan fingerprint density at radius 3 is 2.53 bits per heavy atom. The SMILES string of the molecule is CCC(C)CS(=O)(=O)CC(O)CNCCOC. The average Bonchev–Trinajstić information content (AvgIpc) is 2.22. The summed E-state index contributed by atoms with van der Waals surface area (Å²) in [6, 6.07) is 0. The number of hydrogen-bond acceptors (Lipinski definition) is 5. The van der Waals surface area contributed by atoms with Crippen LogP contribution in [0.15, 0.2) is 0 Å². The fourth-order valence-corrected chi connectivity index (χ4v) is 3.36. The van der Waals surface area contributed by atoms with E-state index in [1.807, 2.05) is 13.8 Å². The second kappa shape index (κ2) is 8.85. The molecule has 0 spiro atoms. The van der Waals surface area contributed by atoms with Crippen molar-refractivity contribution < 1.29 is 18.3 Å². The minimum Gasteiger partial charge on any atom is -0.391 e. The first kappa shape index (κ1) is 16.8. The number of rotatable bonds is 10. The molecule has 0 aromatic heterocycles. The van der Waals surface area contributed by atoms with Crippen molar-refractivity contribution in [2.75, 3.05) is 38.3 Å². The summed E-state index contributed by atoms with van der Waals surface area (Å²) in [5.74, 6) is 0.129. The van der Waals surface area contributed by atoms with Gasteiger partial charge in [-0.25, -0.2) is 8.42 Å². The lowest BCUT2D eigenvalue weighted by Crippen LogP contribution is -2.35. The molecular formula is C11H25NO4S. The van der Waals surface area contributed by atoms with E-state index in [2.05, 4.69) is 5.32 Å². The summed E-state index contributed by atoms with van der Waals surface area (Å²) in [5.41, 5.74) is 0. The summed E-state index contributed by atoms with van der Waals surface area (Å²) < 4.78 is 28.2. The molecule has 0 amide bonds. The number of hydrogen-bond donors (Lipinski definition) is 2. The molecule has 0 rings (SSSR count). The fourth-order valence-electron chi connectivity index (χ4n) is 1.41. The molecule has 2 unspecified atom stereocenters. The predicted molar refractivity (Wildman–Crippen MR) is 68.9 cm³/mol. The largest absolute Gasteiger partial charge is 0.391 e. The molecule has 0 saturated heterocycles. The number of aliphatic hydroxyl groups is 1. The summed E-state index contributed by atoms with van der Waals surface area (Å²) in [5, 5.41) is 12.5. The smallest absolute Gasteiger partial charge is 0.153 e. The molecule has 0 saturated carbocycles. The van der Waals surface area contributed by atoms with Crippen LogP contribution in [0.1, 0.15) is 20.3 Å². The summed E-state index contributed by atoms with van der Waals surface area (Å²) >= 11 is 0. The van der Waals surface area contributed by atoms with Crippen LogP contribution in [-0.2, 0) is 14.6 Å². The van der Waals surface area contributed by atoms with Crippen LogP contribution < -0.4 is 5.32 Å². The highest BCUT2D eigenvalue weighted by atomic mass is 32.2. The zero-order valence-corrected chi connectivity index (χ0v) is 11.8. The monoisotopic (exact) mass is 267 g/mol. The maximum atomic E-state index is 11.7. The van der Waals surface area contributed by atoms with Crippen LogP contribution in [0.5, 0.6) is 0 Å². The molecule has 6 heteroatoms. The molecule has 17 heavy (non-hydrogen) atoms. The van der Waals surface area contributed by atoms with E-state index in [0.29, 0.717) is 13.2 Å². The molecule has 0 bridgehead atoms. The molecule has 0 aliphatic carbocycles. The van der Waals surface area contributed by atoms with E-state index in [1.165, 1.54) is 0 Å². The second-order valence-electron chi connectivity index (χ2n) is 4.44. The van der Waals surface area contributed by atoms with E-state index < -0.39 is 15.9 Å². The quantitative estimate of drug-likeness (QED) is 0.547. The first-order valence-corrected chi connectivity index (χ1v) is 7.81. The van der Waals surface area contributed by atoms with Crippen molar-refractivity contribution in [3.63, 3.8) is 0 Å². The van der Waals surface area contributed by atoms with Crippen molar-refractivity contribution in [3.8, 4) is 0 Å². The van der Waals surface area contributed by atoms with E-state index in [9.17, 15) is 13.5 Å². The van der Waals surface area contributed by atoms with Crippen LogP contribution in [0.4, 0.5) is 0 Å². The summed E-state index contributed by atoms with van der Waals surface area (Å²) in [6.45, 7) is 5.30. The molecule has 0 aliphatic heterocycles. The van der Waals surface area contributed by atoms with E-state index >= 15 is 0 Å². The van der Waals surface area contributed by atoms with Crippen molar-refractivity contribution in [3.05, 3.63) is 0 Å². The summed E-state index contributed by atoms with van der Waals surface area (Å²) in [6.07, 6.45) is -0.0116. The first-order chi connectivity index (χ1) is 7.91. The van der Waals surface area contributed by atoms with Crippen molar-refractivity contribution in [1.29, 1.82) is 0 Å². The van der Waals surface area contributed by atoms with Crippen molar-refractivity contribution in [2.24, 2.45) is 5.92 Å². The predicted octanol–water partition coefficient (Wildman–Crippen LogP) is 0.0442. The van der Waals surface area contributed by atoms with Gasteiger partial charge in [-0.3, -0.25) is 0 Å². The molecule has 0 aromatic carbocycles. The van der Waals surface area contributed by atoms with Gasteiger partial charge in [0.05, 0.1) is 24.2 Å². The zero-order chi connectivity index (χ0) is 13.3. The van der Waals surface area contributed by atoms with Gasteiger partial charge in [-0.15, -0.1) is 0 Å². The first-order valence-electron chi connectivity index (χ1n) is 5.99.